The number of hydrogen-bond acceptors (Lipinski definition) is 5. The molecule has 1 aromatic heterocycles. The van der Waals surface area contributed by atoms with Gasteiger partial charge in [-0.25, -0.2) is 4.39 Å². The normalized spacial score (nSPS) is 14.9. The first-order valence-electron chi connectivity index (χ1n) is 11.6. The Kier molecular flexibility index (Phi) is 7.77. The second kappa shape index (κ2) is 11.1. The number of nitrogens with one attached hydrogen (secondary N) is 1. The molecule has 0 unspecified atom stereocenters. The molecule has 8 nitrogen and oxygen atoms in total. The van der Waals surface area contributed by atoms with E-state index in [9.17, 15) is 19.1 Å². The zero-order valence-electron chi connectivity index (χ0n) is 19.4. The lowest BCUT2D eigenvalue weighted by molar-refractivity contribution is -0.137. The average molecular weight is 482 g/mol. The van der Waals surface area contributed by atoms with Crippen LogP contribution in [-0.4, -0.2) is 46.6 Å². The van der Waals surface area contributed by atoms with E-state index in [4.69, 9.17) is 9.47 Å². The van der Waals surface area contributed by atoms with Crippen molar-refractivity contribution in [3.05, 3.63) is 77.2 Å². The maximum Gasteiger partial charge on any atom is 0.305 e. The van der Waals surface area contributed by atoms with Gasteiger partial charge in [-0.1, -0.05) is 36.4 Å². The minimum atomic E-state index is -1.05. The predicted octanol–water partition coefficient (Wildman–Crippen LogP) is 4.07. The second-order valence-electron chi connectivity index (χ2n) is 8.58. The largest absolute Gasteiger partial charge is 0.481 e. The van der Waals surface area contributed by atoms with Crippen LogP contribution in [0, 0.1) is 18.7 Å². The predicted molar refractivity (Wildman–Crippen MR) is 126 cm³/mol. The summed E-state index contributed by atoms with van der Waals surface area (Å²) in [5.41, 5.74) is 1.71. The Morgan fingerprint density at radius 1 is 1.20 bits per heavy atom. The number of carbonyl (C=O) groups excluding carboxylic acids is 1. The minimum absolute atomic E-state index is 0.000737. The maximum absolute atomic E-state index is 14.6. The van der Waals surface area contributed by atoms with Crippen LogP contribution in [0.3, 0.4) is 0 Å². The lowest BCUT2D eigenvalue weighted by Crippen LogP contribution is -2.31. The van der Waals surface area contributed by atoms with Crippen molar-refractivity contribution in [3.8, 4) is 11.6 Å². The highest BCUT2D eigenvalue weighted by Crippen LogP contribution is 2.26. The molecular weight excluding hydrogens is 453 g/mol. The summed E-state index contributed by atoms with van der Waals surface area (Å²) in [5, 5.41) is 16.5. The van der Waals surface area contributed by atoms with Gasteiger partial charge in [0, 0.05) is 19.3 Å². The van der Waals surface area contributed by atoms with Gasteiger partial charge in [0.1, 0.15) is 11.5 Å². The Morgan fingerprint density at radius 2 is 1.91 bits per heavy atom. The molecule has 9 heteroatoms. The molecule has 1 fully saturated rings. The van der Waals surface area contributed by atoms with E-state index in [0.29, 0.717) is 25.4 Å². The molecule has 0 aliphatic carbocycles. The number of halogens is 1. The van der Waals surface area contributed by atoms with E-state index in [1.54, 1.807) is 30.3 Å². The molecule has 3 aromatic rings. The summed E-state index contributed by atoms with van der Waals surface area (Å²) in [6, 6.07) is 14.1. The van der Waals surface area contributed by atoms with Crippen LogP contribution in [0.15, 0.2) is 54.6 Å². The number of amides is 1. The smallest absolute Gasteiger partial charge is 0.305 e. The fraction of sp³-hybridized carbons (Fsp3) is 0.346. The number of aryl methyl sites for hydroxylation is 1. The molecule has 4 rings (SSSR count). The van der Waals surface area contributed by atoms with Gasteiger partial charge in [-0.3, -0.25) is 9.59 Å². The lowest BCUT2D eigenvalue weighted by atomic mass is 9.98. The summed E-state index contributed by atoms with van der Waals surface area (Å²) < 4.78 is 27.2. The van der Waals surface area contributed by atoms with Crippen LogP contribution in [0.1, 0.15) is 46.9 Å². The second-order valence-corrected chi connectivity index (χ2v) is 8.58. The standard InChI is InChI=1S/C26H28FN3O5/c1-17-6-2-3-7-19(17)21(15-25(31)32)28-26(33)22-14-24(35-16-18-10-12-34-13-11-18)30(29-22)23-9-5-4-8-20(23)27/h2-9,14,18,21H,10-13,15-16H2,1H3,(H,28,33)(H,31,32)/t21-/m0/s1. The van der Waals surface area contributed by atoms with Crippen LogP contribution < -0.4 is 10.1 Å². The van der Waals surface area contributed by atoms with Gasteiger partial charge < -0.3 is 19.9 Å². The quantitative estimate of drug-likeness (QED) is 0.478. The van der Waals surface area contributed by atoms with E-state index in [1.807, 2.05) is 19.1 Å². The van der Waals surface area contributed by atoms with Gasteiger partial charge in [0.2, 0.25) is 5.88 Å². The van der Waals surface area contributed by atoms with E-state index < -0.39 is 23.7 Å². The van der Waals surface area contributed by atoms with E-state index in [2.05, 4.69) is 10.4 Å². The summed E-state index contributed by atoms with van der Waals surface area (Å²) in [6.45, 7) is 3.57. The molecule has 1 amide bonds. The number of carboxylic acid groups (broad SMARTS) is 1. The Bertz CT molecular complexity index is 1190. The van der Waals surface area contributed by atoms with Gasteiger partial charge in [0.05, 0.1) is 19.1 Å². The average Bonchev–Trinajstić information content (AvgIpc) is 3.27. The van der Waals surface area contributed by atoms with E-state index >= 15 is 0 Å². The highest BCUT2D eigenvalue weighted by molar-refractivity contribution is 5.93. The number of carboxylic acids is 1. The number of benzene rings is 2. The summed E-state index contributed by atoms with van der Waals surface area (Å²) in [6.07, 6.45) is 1.42. The molecule has 0 saturated carbocycles. The number of para-hydroxylation sites is 1. The van der Waals surface area contributed by atoms with Crippen molar-refractivity contribution in [2.24, 2.45) is 5.92 Å². The minimum Gasteiger partial charge on any atom is -0.481 e. The molecule has 1 aliphatic heterocycles. The Morgan fingerprint density at radius 3 is 2.63 bits per heavy atom. The fourth-order valence-electron chi connectivity index (χ4n) is 4.11. The molecule has 1 saturated heterocycles. The number of aliphatic carboxylic acids is 1. The maximum atomic E-state index is 14.6. The van der Waals surface area contributed by atoms with E-state index in [1.165, 1.54) is 16.8 Å². The molecule has 2 N–H and O–H groups in total. The summed E-state index contributed by atoms with van der Waals surface area (Å²) >= 11 is 0. The number of ether oxygens (including phenoxy) is 2. The summed E-state index contributed by atoms with van der Waals surface area (Å²) in [4.78, 5) is 24.7. The number of carbonyl (C=O) groups is 2. The van der Waals surface area contributed by atoms with Crippen molar-refractivity contribution in [1.82, 2.24) is 15.1 Å². The van der Waals surface area contributed by atoms with Crippen LogP contribution in [0.25, 0.3) is 5.69 Å². The first-order chi connectivity index (χ1) is 16.9. The van der Waals surface area contributed by atoms with Gasteiger partial charge in [-0.15, -0.1) is 0 Å². The van der Waals surface area contributed by atoms with Crippen LogP contribution in [0.2, 0.25) is 0 Å². The first-order valence-corrected chi connectivity index (χ1v) is 11.6. The van der Waals surface area contributed by atoms with Gasteiger partial charge in [0.15, 0.2) is 5.69 Å². The Balaban J connectivity index is 1.61. The van der Waals surface area contributed by atoms with Crippen molar-refractivity contribution in [1.29, 1.82) is 0 Å². The van der Waals surface area contributed by atoms with Gasteiger partial charge in [0.25, 0.3) is 5.91 Å². The highest BCUT2D eigenvalue weighted by atomic mass is 19.1. The van der Waals surface area contributed by atoms with Crippen molar-refractivity contribution in [2.75, 3.05) is 19.8 Å². The zero-order valence-corrected chi connectivity index (χ0v) is 19.4. The summed E-state index contributed by atoms with van der Waals surface area (Å²) in [5.74, 6) is -1.62. The molecule has 184 valence electrons. The monoisotopic (exact) mass is 481 g/mol. The molecule has 1 atom stereocenters. The van der Waals surface area contributed by atoms with Gasteiger partial charge in [-0.2, -0.15) is 9.78 Å². The van der Waals surface area contributed by atoms with Crippen LogP contribution in [0.5, 0.6) is 5.88 Å². The Hall–Kier alpha value is -3.72. The van der Waals surface area contributed by atoms with E-state index in [0.717, 1.165) is 18.4 Å². The van der Waals surface area contributed by atoms with Crippen LogP contribution in [0.4, 0.5) is 4.39 Å². The number of nitrogens with zero attached hydrogens (tertiary/aromatic N) is 2. The van der Waals surface area contributed by atoms with Gasteiger partial charge >= 0.3 is 5.97 Å². The molecule has 0 spiro atoms. The van der Waals surface area contributed by atoms with Crippen molar-refractivity contribution in [3.63, 3.8) is 0 Å². The molecule has 1 aliphatic rings. The number of hydrogen-bond donors (Lipinski definition) is 2. The zero-order chi connectivity index (χ0) is 24.8. The first kappa shape index (κ1) is 24.4. The van der Waals surface area contributed by atoms with Crippen molar-refractivity contribution < 1.29 is 28.6 Å². The third kappa shape index (κ3) is 6.05. The van der Waals surface area contributed by atoms with Crippen molar-refractivity contribution >= 4 is 11.9 Å². The third-order valence-corrected chi connectivity index (χ3v) is 6.05. The van der Waals surface area contributed by atoms with Gasteiger partial charge in [-0.05, 0) is 48.9 Å². The highest BCUT2D eigenvalue weighted by Gasteiger charge is 2.24. The number of rotatable bonds is 9. The number of aromatic nitrogens is 2. The Labute approximate surface area is 202 Å². The SMILES string of the molecule is Cc1ccccc1[C@H](CC(=O)O)NC(=O)c1cc(OCC2CCOCC2)n(-c2ccccc2F)n1. The lowest BCUT2D eigenvalue weighted by Gasteiger charge is -2.22. The van der Waals surface area contributed by atoms with E-state index in [-0.39, 0.29) is 29.6 Å². The third-order valence-electron chi connectivity index (χ3n) is 6.05. The molecular formula is C26H28FN3O5. The molecule has 0 bridgehead atoms. The van der Waals surface area contributed by atoms with Crippen LogP contribution >= 0.6 is 0 Å². The fourth-order valence-corrected chi connectivity index (χ4v) is 4.11. The molecule has 0 radical (unpaired) electrons. The van der Waals surface area contributed by atoms with Crippen LogP contribution in [-0.2, 0) is 9.53 Å². The summed E-state index contributed by atoms with van der Waals surface area (Å²) in [7, 11) is 0. The van der Waals surface area contributed by atoms with Crippen molar-refractivity contribution in [2.45, 2.75) is 32.2 Å². The molecule has 35 heavy (non-hydrogen) atoms. The molecule has 2 aromatic carbocycles. The molecule has 2 heterocycles. The topological polar surface area (TPSA) is 103 Å².